The molecular weight excluding hydrogens is 616 g/mol. The van der Waals surface area contributed by atoms with Crippen molar-refractivity contribution < 1.29 is 38.9 Å². The molecule has 0 radical (unpaired) electrons. The van der Waals surface area contributed by atoms with Crippen LogP contribution >= 0.6 is 0 Å². The molecule has 3 aromatic carbocycles. The fourth-order valence-corrected chi connectivity index (χ4v) is 5.32. The Morgan fingerprint density at radius 2 is 1.52 bits per heavy atom. The quantitative estimate of drug-likeness (QED) is 0.0876. The number of fused-ring (bicyclic) bond motifs is 1. The second-order valence-corrected chi connectivity index (χ2v) is 11.4. The smallest absolute Gasteiger partial charge is 0.341 e. The standard InChI is InChI=1S/C36H40N4O8/c1-2-3-9-16-37-34(44)29(19-24-14-15-31(48-22-33(42)43)27(17-24)36(46)47)40-35(45)30(18-23-10-5-4-6-11-23)39-32(41)20-25-21-38-28-13-8-7-12-26(25)28/h4-8,10-15,17,21,29-30,38H,2-3,9,16,18-20,22H2,1H3,(H,37,44)(H,39,41)(H,40,45)(H,42,43)(H,46,47)/t29-,30-/m0/s1. The summed E-state index contributed by atoms with van der Waals surface area (Å²) in [4.78, 5) is 66.7. The first-order valence-corrected chi connectivity index (χ1v) is 15.8. The minimum absolute atomic E-state index is 0.0260. The van der Waals surface area contributed by atoms with Crippen LogP contribution in [0.3, 0.4) is 0 Å². The molecule has 0 saturated carbocycles. The van der Waals surface area contributed by atoms with Gasteiger partial charge in [0.25, 0.3) is 0 Å². The van der Waals surface area contributed by atoms with Crippen molar-refractivity contribution in [1.82, 2.24) is 20.9 Å². The lowest BCUT2D eigenvalue weighted by atomic mass is 10.00. The number of aromatic amines is 1. The van der Waals surface area contributed by atoms with Crippen molar-refractivity contribution in [3.8, 4) is 5.75 Å². The van der Waals surface area contributed by atoms with E-state index in [0.717, 1.165) is 41.3 Å². The molecule has 0 spiro atoms. The van der Waals surface area contributed by atoms with E-state index in [4.69, 9.17) is 9.84 Å². The SMILES string of the molecule is CCCCCNC(=O)[C@H](Cc1ccc(OCC(=O)O)c(C(=O)O)c1)NC(=O)[C@H](Cc1ccccc1)NC(=O)Cc1c[nH]c2ccccc12. The highest BCUT2D eigenvalue weighted by Gasteiger charge is 2.28. The van der Waals surface area contributed by atoms with Gasteiger partial charge in [-0.15, -0.1) is 0 Å². The molecule has 0 saturated heterocycles. The van der Waals surface area contributed by atoms with Crippen LogP contribution in [0.4, 0.5) is 0 Å². The number of hydrogen-bond acceptors (Lipinski definition) is 6. The van der Waals surface area contributed by atoms with E-state index in [2.05, 4.69) is 20.9 Å². The van der Waals surface area contributed by atoms with Crippen LogP contribution in [0.5, 0.6) is 5.75 Å². The van der Waals surface area contributed by atoms with Crippen molar-refractivity contribution in [2.45, 2.75) is 57.5 Å². The maximum Gasteiger partial charge on any atom is 0.341 e. The number of aromatic carboxylic acids is 1. The highest BCUT2D eigenvalue weighted by Crippen LogP contribution is 2.22. The minimum Gasteiger partial charge on any atom is -0.481 e. The molecule has 252 valence electrons. The van der Waals surface area contributed by atoms with E-state index in [1.165, 1.54) is 18.2 Å². The predicted molar refractivity (Wildman–Crippen MR) is 179 cm³/mol. The van der Waals surface area contributed by atoms with Crippen LogP contribution in [0.25, 0.3) is 10.9 Å². The van der Waals surface area contributed by atoms with Crippen LogP contribution in [0.15, 0.2) is 79.0 Å². The third-order valence-corrected chi connectivity index (χ3v) is 7.74. The van der Waals surface area contributed by atoms with Gasteiger partial charge in [-0.2, -0.15) is 0 Å². The lowest BCUT2D eigenvalue weighted by Gasteiger charge is -2.24. The molecule has 0 aliphatic heterocycles. The van der Waals surface area contributed by atoms with E-state index in [1.807, 2.05) is 61.5 Å². The average molecular weight is 657 g/mol. The van der Waals surface area contributed by atoms with Crippen molar-refractivity contribution >= 4 is 40.6 Å². The molecular formula is C36H40N4O8. The Hall–Kier alpha value is -5.65. The molecule has 0 aliphatic carbocycles. The van der Waals surface area contributed by atoms with E-state index >= 15 is 0 Å². The fraction of sp³-hybridized carbons (Fsp3) is 0.306. The van der Waals surface area contributed by atoms with E-state index in [0.29, 0.717) is 12.1 Å². The molecule has 6 N–H and O–H groups in total. The largest absolute Gasteiger partial charge is 0.481 e. The Kier molecular flexibility index (Phi) is 12.7. The lowest BCUT2D eigenvalue weighted by Crippen LogP contribution is -2.55. The Morgan fingerprint density at radius 1 is 0.812 bits per heavy atom. The zero-order valence-electron chi connectivity index (χ0n) is 26.7. The second-order valence-electron chi connectivity index (χ2n) is 11.4. The molecule has 1 heterocycles. The topological polar surface area (TPSA) is 187 Å². The van der Waals surface area contributed by atoms with E-state index in [1.54, 1.807) is 6.20 Å². The van der Waals surface area contributed by atoms with Crippen LogP contribution in [0.1, 0.15) is 53.2 Å². The number of nitrogens with one attached hydrogen (secondary N) is 4. The summed E-state index contributed by atoms with van der Waals surface area (Å²) in [7, 11) is 0. The number of hydrogen-bond donors (Lipinski definition) is 6. The number of unbranched alkanes of at least 4 members (excludes halogenated alkanes) is 2. The monoisotopic (exact) mass is 656 g/mol. The molecule has 0 fully saturated rings. The van der Waals surface area contributed by atoms with Gasteiger partial charge < -0.3 is 35.9 Å². The maximum atomic E-state index is 13.9. The summed E-state index contributed by atoms with van der Waals surface area (Å²) in [5.41, 5.74) is 2.57. The number of para-hydroxylation sites is 1. The third-order valence-electron chi connectivity index (χ3n) is 7.74. The molecule has 2 atom stereocenters. The van der Waals surface area contributed by atoms with Crippen molar-refractivity contribution in [2.75, 3.05) is 13.2 Å². The third kappa shape index (κ3) is 10.2. The molecule has 1 aromatic heterocycles. The van der Waals surface area contributed by atoms with Gasteiger partial charge in [0.05, 0.1) is 6.42 Å². The second kappa shape index (κ2) is 17.3. The zero-order chi connectivity index (χ0) is 34.5. The molecule has 0 aliphatic rings. The fourth-order valence-electron chi connectivity index (χ4n) is 5.32. The first-order chi connectivity index (χ1) is 23.1. The van der Waals surface area contributed by atoms with Gasteiger partial charge in [-0.3, -0.25) is 14.4 Å². The van der Waals surface area contributed by atoms with E-state index in [-0.39, 0.29) is 36.5 Å². The Morgan fingerprint density at radius 3 is 2.25 bits per heavy atom. The van der Waals surface area contributed by atoms with Crippen LogP contribution < -0.4 is 20.7 Å². The number of carboxylic acids is 2. The summed E-state index contributed by atoms with van der Waals surface area (Å²) in [6.07, 6.45) is 4.46. The summed E-state index contributed by atoms with van der Waals surface area (Å²) in [5, 5.41) is 28.1. The number of aromatic nitrogens is 1. The van der Waals surface area contributed by atoms with Crippen molar-refractivity contribution in [2.24, 2.45) is 0 Å². The minimum atomic E-state index is -1.34. The summed E-state index contributed by atoms with van der Waals surface area (Å²) in [6, 6.07) is 18.7. The number of amides is 3. The van der Waals surface area contributed by atoms with E-state index in [9.17, 15) is 29.1 Å². The molecule has 4 rings (SSSR count). The van der Waals surface area contributed by atoms with E-state index < -0.39 is 42.4 Å². The highest BCUT2D eigenvalue weighted by atomic mass is 16.5. The van der Waals surface area contributed by atoms with Crippen molar-refractivity contribution in [3.63, 3.8) is 0 Å². The Bertz CT molecular complexity index is 1740. The van der Waals surface area contributed by atoms with Crippen molar-refractivity contribution in [3.05, 3.63) is 101 Å². The summed E-state index contributed by atoms with van der Waals surface area (Å²) < 4.78 is 5.12. The van der Waals surface area contributed by atoms with Gasteiger partial charge in [-0.25, -0.2) is 9.59 Å². The molecule has 3 amide bonds. The van der Waals surface area contributed by atoms with Crippen LogP contribution in [-0.2, 0) is 38.4 Å². The number of carbonyl (C=O) groups is 5. The number of aliphatic carboxylic acids is 1. The zero-order valence-corrected chi connectivity index (χ0v) is 26.7. The highest BCUT2D eigenvalue weighted by molar-refractivity contribution is 5.94. The predicted octanol–water partition coefficient (Wildman–Crippen LogP) is 3.63. The molecule has 4 aromatic rings. The summed E-state index contributed by atoms with van der Waals surface area (Å²) >= 11 is 0. The van der Waals surface area contributed by atoms with Gasteiger partial charge in [0.1, 0.15) is 23.4 Å². The van der Waals surface area contributed by atoms with Gasteiger partial charge in [0, 0.05) is 36.5 Å². The van der Waals surface area contributed by atoms with Gasteiger partial charge in [-0.1, -0.05) is 74.4 Å². The van der Waals surface area contributed by atoms with Crippen LogP contribution in [0, 0.1) is 0 Å². The molecule has 48 heavy (non-hydrogen) atoms. The molecule has 12 nitrogen and oxygen atoms in total. The summed E-state index contributed by atoms with van der Waals surface area (Å²) in [6.45, 7) is 1.69. The van der Waals surface area contributed by atoms with Crippen LogP contribution in [0.2, 0.25) is 0 Å². The first kappa shape index (κ1) is 35.2. The lowest BCUT2D eigenvalue weighted by molar-refractivity contribution is -0.139. The normalized spacial score (nSPS) is 12.1. The summed E-state index contributed by atoms with van der Waals surface area (Å²) in [5.74, 6) is -4.18. The number of carbonyl (C=O) groups excluding carboxylic acids is 3. The van der Waals surface area contributed by atoms with Gasteiger partial charge in [0.2, 0.25) is 17.7 Å². The van der Waals surface area contributed by atoms with Gasteiger partial charge in [-0.05, 0) is 41.3 Å². The number of rotatable bonds is 18. The van der Waals surface area contributed by atoms with Crippen LogP contribution in [-0.4, -0.2) is 70.1 Å². The number of H-pyrrole nitrogens is 1. The molecule has 0 unspecified atom stereocenters. The first-order valence-electron chi connectivity index (χ1n) is 15.8. The molecule has 0 bridgehead atoms. The average Bonchev–Trinajstić information content (AvgIpc) is 3.48. The van der Waals surface area contributed by atoms with Crippen molar-refractivity contribution in [1.29, 1.82) is 0 Å². The van der Waals surface area contributed by atoms with Gasteiger partial charge >= 0.3 is 11.9 Å². The maximum absolute atomic E-state index is 13.9. The number of carboxylic acid groups (broad SMARTS) is 2. The number of ether oxygens (including phenoxy) is 1. The van der Waals surface area contributed by atoms with Gasteiger partial charge in [0.15, 0.2) is 6.61 Å². The Labute approximate surface area is 277 Å². The Balaban J connectivity index is 1.56. The number of benzene rings is 3. The molecule has 12 heteroatoms.